The molecule has 0 spiro atoms. The molecule has 0 fully saturated rings. The van der Waals surface area contributed by atoms with E-state index in [1.54, 1.807) is 7.11 Å². The van der Waals surface area contributed by atoms with Crippen LogP contribution in [-0.2, 0) is 0 Å². The number of ether oxygens (including phenoxy) is 1. The largest absolute Gasteiger partial charge is 0.497 e. The van der Waals surface area contributed by atoms with Crippen LogP contribution in [-0.4, -0.2) is 12.3 Å². The molecular weight excluding hydrogens is 288 g/mol. The number of nitrogens with two attached hydrogens (primary N) is 1. The minimum atomic E-state index is 0.267. The summed E-state index contributed by atoms with van der Waals surface area (Å²) in [6, 6.07) is 15.0. The molecule has 0 amide bonds. The van der Waals surface area contributed by atoms with Crippen LogP contribution in [0.25, 0.3) is 22.4 Å². The molecule has 0 aliphatic heterocycles. The van der Waals surface area contributed by atoms with Crippen molar-refractivity contribution < 1.29 is 9.26 Å². The number of nitrogen functional groups attached to an aromatic ring is 1. The Kier molecular flexibility index (Phi) is 3.54. The van der Waals surface area contributed by atoms with E-state index in [1.807, 2.05) is 48.5 Å². The summed E-state index contributed by atoms with van der Waals surface area (Å²) in [7, 11) is 1.63. The molecule has 1 aromatic heterocycles. The Morgan fingerprint density at radius 2 is 1.86 bits per heavy atom. The van der Waals surface area contributed by atoms with Crippen LogP contribution in [0.5, 0.6) is 5.75 Å². The highest BCUT2D eigenvalue weighted by atomic mass is 35.5. The molecule has 106 valence electrons. The Balaban J connectivity index is 2.12. The lowest BCUT2D eigenvalue weighted by atomic mass is 10.0. The lowest BCUT2D eigenvalue weighted by Crippen LogP contribution is -1.88. The van der Waals surface area contributed by atoms with Crippen LogP contribution in [0.15, 0.2) is 53.1 Å². The minimum Gasteiger partial charge on any atom is -0.497 e. The summed E-state index contributed by atoms with van der Waals surface area (Å²) >= 11 is 6.04. The van der Waals surface area contributed by atoms with Gasteiger partial charge >= 0.3 is 0 Å². The standard InChI is InChI=1S/C16H13ClN2O2/c1-20-13-7-5-10(6-8-13)15-14(16(18)21-19-15)11-3-2-4-12(17)9-11/h2-9H,18H2,1H3. The van der Waals surface area contributed by atoms with E-state index in [4.69, 9.17) is 26.6 Å². The topological polar surface area (TPSA) is 61.3 Å². The average Bonchev–Trinajstić information content (AvgIpc) is 2.89. The molecule has 0 atom stereocenters. The summed E-state index contributed by atoms with van der Waals surface area (Å²) in [5.74, 6) is 1.04. The molecule has 0 aliphatic carbocycles. The summed E-state index contributed by atoms with van der Waals surface area (Å²) in [4.78, 5) is 0. The number of nitrogens with zero attached hydrogens (tertiary/aromatic N) is 1. The van der Waals surface area contributed by atoms with Gasteiger partial charge in [-0.1, -0.05) is 28.9 Å². The lowest BCUT2D eigenvalue weighted by Gasteiger charge is -2.04. The van der Waals surface area contributed by atoms with E-state index < -0.39 is 0 Å². The van der Waals surface area contributed by atoms with Crippen LogP contribution < -0.4 is 10.5 Å². The van der Waals surface area contributed by atoms with Crippen molar-refractivity contribution in [3.05, 3.63) is 53.6 Å². The van der Waals surface area contributed by atoms with Gasteiger partial charge in [0.2, 0.25) is 5.88 Å². The summed E-state index contributed by atoms with van der Waals surface area (Å²) in [5, 5.41) is 4.70. The third-order valence-corrected chi connectivity index (χ3v) is 3.43. The van der Waals surface area contributed by atoms with E-state index in [2.05, 4.69) is 5.16 Å². The smallest absolute Gasteiger partial charge is 0.230 e. The van der Waals surface area contributed by atoms with Gasteiger partial charge in [0, 0.05) is 10.6 Å². The third kappa shape index (κ3) is 2.58. The van der Waals surface area contributed by atoms with Gasteiger partial charge in [-0.05, 0) is 42.0 Å². The first kappa shape index (κ1) is 13.5. The predicted octanol–water partition coefficient (Wildman–Crippen LogP) is 4.25. The van der Waals surface area contributed by atoms with Gasteiger partial charge < -0.3 is 15.0 Å². The molecule has 0 unspecified atom stereocenters. The summed E-state index contributed by atoms with van der Waals surface area (Å²) in [6.07, 6.45) is 0. The van der Waals surface area contributed by atoms with Crippen molar-refractivity contribution in [1.29, 1.82) is 0 Å². The van der Waals surface area contributed by atoms with Crippen molar-refractivity contribution in [2.75, 3.05) is 12.8 Å². The molecule has 1 heterocycles. The van der Waals surface area contributed by atoms with Gasteiger partial charge in [-0.25, -0.2) is 0 Å². The number of halogens is 1. The number of hydrogen-bond donors (Lipinski definition) is 1. The van der Waals surface area contributed by atoms with Crippen LogP contribution in [0.3, 0.4) is 0 Å². The van der Waals surface area contributed by atoms with Gasteiger partial charge in [-0.2, -0.15) is 0 Å². The van der Waals surface area contributed by atoms with Gasteiger partial charge in [0.15, 0.2) is 0 Å². The summed E-state index contributed by atoms with van der Waals surface area (Å²) in [5.41, 5.74) is 9.10. The predicted molar refractivity (Wildman–Crippen MR) is 83.3 cm³/mol. The maximum absolute atomic E-state index is 6.04. The third-order valence-electron chi connectivity index (χ3n) is 3.20. The van der Waals surface area contributed by atoms with E-state index >= 15 is 0 Å². The number of rotatable bonds is 3. The molecule has 5 heteroatoms. The second-order valence-corrected chi connectivity index (χ2v) is 4.95. The average molecular weight is 301 g/mol. The molecule has 0 saturated carbocycles. The highest BCUT2D eigenvalue weighted by Crippen LogP contribution is 2.37. The van der Waals surface area contributed by atoms with Crippen molar-refractivity contribution in [3.8, 4) is 28.1 Å². The van der Waals surface area contributed by atoms with Crippen molar-refractivity contribution in [2.45, 2.75) is 0 Å². The van der Waals surface area contributed by atoms with Crippen LogP contribution in [0.2, 0.25) is 5.02 Å². The first-order valence-electron chi connectivity index (χ1n) is 6.34. The normalized spacial score (nSPS) is 10.6. The molecule has 3 rings (SSSR count). The van der Waals surface area contributed by atoms with Gasteiger partial charge in [0.25, 0.3) is 0 Å². The zero-order chi connectivity index (χ0) is 14.8. The number of benzene rings is 2. The van der Waals surface area contributed by atoms with E-state index in [9.17, 15) is 0 Å². The quantitative estimate of drug-likeness (QED) is 0.785. The fourth-order valence-corrected chi connectivity index (χ4v) is 2.36. The number of hydrogen-bond acceptors (Lipinski definition) is 4. The van der Waals surface area contributed by atoms with Crippen molar-refractivity contribution in [2.24, 2.45) is 0 Å². The first-order chi connectivity index (χ1) is 10.2. The first-order valence-corrected chi connectivity index (χ1v) is 6.72. The lowest BCUT2D eigenvalue weighted by molar-refractivity contribution is 0.415. The molecule has 2 N–H and O–H groups in total. The fourth-order valence-electron chi connectivity index (χ4n) is 2.17. The molecule has 4 nitrogen and oxygen atoms in total. The molecular formula is C16H13ClN2O2. The SMILES string of the molecule is COc1ccc(-c2noc(N)c2-c2cccc(Cl)c2)cc1. The Morgan fingerprint density at radius 1 is 1.10 bits per heavy atom. The number of anilines is 1. The monoisotopic (exact) mass is 300 g/mol. The van der Waals surface area contributed by atoms with Gasteiger partial charge in [-0.15, -0.1) is 0 Å². The van der Waals surface area contributed by atoms with Crippen LogP contribution in [0.4, 0.5) is 5.88 Å². The maximum atomic E-state index is 6.04. The van der Waals surface area contributed by atoms with E-state index in [-0.39, 0.29) is 5.88 Å². The minimum absolute atomic E-state index is 0.267. The Bertz CT molecular complexity index is 766. The molecule has 3 aromatic rings. The maximum Gasteiger partial charge on any atom is 0.230 e. The Hall–Kier alpha value is -2.46. The van der Waals surface area contributed by atoms with Gasteiger partial charge in [-0.3, -0.25) is 0 Å². The highest BCUT2D eigenvalue weighted by molar-refractivity contribution is 6.30. The van der Waals surface area contributed by atoms with Gasteiger partial charge in [0.05, 0.1) is 12.7 Å². The number of methoxy groups -OCH3 is 1. The Morgan fingerprint density at radius 3 is 2.52 bits per heavy atom. The molecule has 21 heavy (non-hydrogen) atoms. The van der Waals surface area contributed by atoms with E-state index in [0.717, 1.165) is 22.4 Å². The number of aromatic nitrogens is 1. The molecule has 0 bridgehead atoms. The van der Waals surface area contributed by atoms with Crippen molar-refractivity contribution >= 4 is 17.5 Å². The second kappa shape index (κ2) is 5.50. The van der Waals surface area contributed by atoms with E-state index in [1.165, 1.54) is 0 Å². The van der Waals surface area contributed by atoms with Gasteiger partial charge in [0.1, 0.15) is 11.4 Å². The zero-order valence-corrected chi connectivity index (χ0v) is 12.1. The Labute approximate surface area is 127 Å². The van der Waals surface area contributed by atoms with E-state index in [0.29, 0.717) is 10.7 Å². The molecule has 0 radical (unpaired) electrons. The van der Waals surface area contributed by atoms with Crippen LogP contribution in [0, 0.1) is 0 Å². The van der Waals surface area contributed by atoms with Crippen LogP contribution in [0.1, 0.15) is 0 Å². The van der Waals surface area contributed by atoms with Crippen LogP contribution >= 0.6 is 11.6 Å². The molecule has 0 aliphatic rings. The molecule has 0 saturated heterocycles. The second-order valence-electron chi connectivity index (χ2n) is 4.51. The zero-order valence-electron chi connectivity index (χ0n) is 11.3. The summed E-state index contributed by atoms with van der Waals surface area (Å²) in [6.45, 7) is 0. The highest BCUT2D eigenvalue weighted by Gasteiger charge is 2.17. The van der Waals surface area contributed by atoms with Crippen molar-refractivity contribution in [3.63, 3.8) is 0 Å². The van der Waals surface area contributed by atoms with Crippen molar-refractivity contribution in [1.82, 2.24) is 5.16 Å². The molecule has 2 aromatic carbocycles. The summed E-state index contributed by atoms with van der Waals surface area (Å²) < 4.78 is 10.3. The fraction of sp³-hybridized carbons (Fsp3) is 0.0625.